The number of aldehydes is 1. The highest BCUT2D eigenvalue weighted by molar-refractivity contribution is 7.48. The highest BCUT2D eigenvalue weighted by Crippen LogP contribution is 2.47. The topological polar surface area (TPSA) is 61.8 Å². The van der Waals surface area contributed by atoms with Gasteiger partial charge in [0.15, 0.2) is 0 Å². The molecule has 0 N–H and O–H groups in total. The van der Waals surface area contributed by atoms with Crippen LogP contribution in [-0.2, 0) is 22.9 Å². The second kappa shape index (κ2) is 9.97. The van der Waals surface area contributed by atoms with Crippen LogP contribution in [0.1, 0.15) is 38.5 Å². The molecular formula is C10H21O5P. The Morgan fingerprint density at radius 3 is 2.12 bits per heavy atom. The SMILES string of the molecule is COP(=O)(OC)OCCCCCCCC=O. The Morgan fingerprint density at radius 2 is 1.56 bits per heavy atom. The summed E-state index contributed by atoms with van der Waals surface area (Å²) in [5.41, 5.74) is 0. The monoisotopic (exact) mass is 252 g/mol. The zero-order valence-electron chi connectivity index (χ0n) is 10.0. The first-order valence-electron chi connectivity index (χ1n) is 5.48. The van der Waals surface area contributed by atoms with Crippen LogP contribution in [0.4, 0.5) is 0 Å². The van der Waals surface area contributed by atoms with E-state index in [0.717, 1.165) is 38.4 Å². The lowest BCUT2D eigenvalue weighted by Crippen LogP contribution is -1.97. The Labute approximate surface area is 97.1 Å². The summed E-state index contributed by atoms with van der Waals surface area (Å²) in [5.74, 6) is 0. The molecule has 0 atom stereocenters. The van der Waals surface area contributed by atoms with E-state index >= 15 is 0 Å². The molecule has 96 valence electrons. The van der Waals surface area contributed by atoms with E-state index < -0.39 is 7.82 Å². The van der Waals surface area contributed by atoms with E-state index in [1.165, 1.54) is 14.2 Å². The van der Waals surface area contributed by atoms with Gasteiger partial charge in [-0.3, -0.25) is 13.6 Å². The number of hydrogen-bond donors (Lipinski definition) is 0. The maximum absolute atomic E-state index is 11.4. The zero-order valence-corrected chi connectivity index (χ0v) is 10.9. The first-order chi connectivity index (χ1) is 7.68. The van der Waals surface area contributed by atoms with Crippen molar-refractivity contribution in [1.29, 1.82) is 0 Å². The third-order valence-electron chi connectivity index (χ3n) is 2.16. The summed E-state index contributed by atoms with van der Waals surface area (Å²) >= 11 is 0. The molecule has 0 spiro atoms. The normalized spacial score (nSPS) is 11.6. The van der Waals surface area contributed by atoms with Gasteiger partial charge in [-0.15, -0.1) is 0 Å². The molecule has 0 aromatic carbocycles. The molecule has 5 nitrogen and oxygen atoms in total. The predicted octanol–water partition coefficient (Wildman–Crippen LogP) is 2.94. The summed E-state index contributed by atoms with van der Waals surface area (Å²) in [6.45, 7) is 0.368. The number of rotatable bonds is 11. The number of unbranched alkanes of at least 4 members (excludes halogenated alkanes) is 5. The zero-order chi connectivity index (χ0) is 12.3. The van der Waals surface area contributed by atoms with Crippen molar-refractivity contribution in [3.05, 3.63) is 0 Å². The number of phosphoric ester groups is 1. The molecule has 0 heterocycles. The smallest absolute Gasteiger partial charge is 0.303 e. The van der Waals surface area contributed by atoms with E-state index in [9.17, 15) is 9.36 Å². The molecule has 0 aliphatic carbocycles. The highest BCUT2D eigenvalue weighted by atomic mass is 31.2. The molecule has 6 heteroatoms. The minimum Gasteiger partial charge on any atom is -0.303 e. The molecule has 0 bridgehead atoms. The number of phosphoric acid groups is 1. The van der Waals surface area contributed by atoms with Crippen LogP contribution in [0.25, 0.3) is 0 Å². The van der Waals surface area contributed by atoms with Gasteiger partial charge < -0.3 is 4.79 Å². The molecule has 0 aliphatic rings. The summed E-state index contributed by atoms with van der Waals surface area (Å²) < 4.78 is 25.7. The number of hydrogen-bond acceptors (Lipinski definition) is 5. The number of carbonyl (C=O) groups excluding carboxylic acids is 1. The summed E-state index contributed by atoms with van der Waals surface area (Å²) in [7, 11) is -0.703. The minimum atomic E-state index is -3.29. The molecule has 0 fully saturated rings. The van der Waals surface area contributed by atoms with E-state index in [4.69, 9.17) is 4.52 Å². The average Bonchev–Trinajstić information content (AvgIpc) is 2.32. The third-order valence-corrected chi connectivity index (χ3v) is 3.56. The van der Waals surface area contributed by atoms with E-state index in [2.05, 4.69) is 9.05 Å². The molecule has 0 saturated carbocycles. The summed E-state index contributed by atoms with van der Waals surface area (Å²) in [6.07, 6.45) is 6.44. The van der Waals surface area contributed by atoms with E-state index in [1.54, 1.807) is 0 Å². The van der Waals surface area contributed by atoms with Gasteiger partial charge in [0.1, 0.15) is 6.29 Å². The van der Waals surface area contributed by atoms with Crippen LogP contribution in [0.3, 0.4) is 0 Å². The molecule has 0 amide bonds. The van der Waals surface area contributed by atoms with Gasteiger partial charge in [-0.25, -0.2) is 4.57 Å². The molecule has 0 unspecified atom stereocenters. The lowest BCUT2D eigenvalue weighted by molar-refractivity contribution is -0.107. The van der Waals surface area contributed by atoms with Crippen LogP contribution in [0, 0.1) is 0 Å². The molecular weight excluding hydrogens is 231 g/mol. The molecule has 0 aromatic rings. The van der Waals surface area contributed by atoms with Crippen LogP contribution in [0.2, 0.25) is 0 Å². The van der Waals surface area contributed by atoms with Crippen LogP contribution in [0.15, 0.2) is 0 Å². The van der Waals surface area contributed by atoms with Crippen molar-refractivity contribution < 1.29 is 22.9 Å². The Hall–Kier alpha value is -0.220. The van der Waals surface area contributed by atoms with Gasteiger partial charge in [0.2, 0.25) is 0 Å². The van der Waals surface area contributed by atoms with Crippen molar-refractivity contribution in [3.63, 3.8) is 0 Å². The Morgan fingerprint density at radius 1 is 1.00 bits per heavy atom. The third kappa shape index (κ3) is 7.99. The van der Waals surface area contributed by atoms with Gasteiger partial charge in [-0.2, -0.15) is 0 Å². The quantitative estimate of drug-likeness (QED) is 0.321. The van der Waals surface area contributed by atoms with Crippen LogP contribution in [-0.4, -0.2) is 27.1 Å². The van der Waals surface area contributed by atoms with Crippen LogP contribution >= 0.6 is 7.82 Å². The summed E-state index contributed by atoms with van der Waals surface area (Å²) in [6, 6.07) is 0. The van der Waals surface area contributed by atoms with Crippen molar-refractivity contribution in [3.8, 4) is 0 Å². The van der Waals surface area contributed by atoms with Crippen molar-refractivity contribution >= 4 is 14.1 Å². The second-order valence-electron chi connectivity index (χ2n) is 3.37. The fourth-order valence-electron chi connectivity index (χ4n) is 1.22. The molecule has 0 radical (unpaired) electrons. The van der Waals surface area contributed by atoms with Crippen LogP contribution < -0.4 is 0 Å². The fourth-order valence-corrected chi connectivity index (χ4v) is 1.93. The summed E-state index contributed by atoms with van der Waals surface area (Å²) in [5, 5.41) is 0. The molecule has 0 saturated heterocycles. The maximum Gasteiger partial charge on any atom is 0.474 e. The minimum absolute atomic E-state index is 0.368. The molecule has 0 rings (SSSR count). The fraction of sp³-hybridized carbons (Fsp3) is 0.900. The van der Waals surface area contributed by atoms with Gasteiger partial charge >= 0.3 is 7.82 Å². The largest absolute Gasteiger partial charge is 0.474 e. The first kappa shape index (κ1) is 15.8. The molecule has 0 aromatic heterocycles. The molecule has 16 heavy (non-hydrogen) atoms. The van der Waals surface area contributed by atoms with Crippen molar-refractivity contribution in [1.82, 2.24) is 0 Å². The van der Waals surface area contributed by atoms with Crippen molar-refractivity contribution in [2.75, 3.05) is 20.8 Å². The average molecular weight is 252 g/mol. The van der Waals surface area contributed by atoms with Crippen molar-refractivity contribution in [2.45, 2.75) is 38.5 Å². The first-order valence-corrected chi connectivity index (χ1v) is 6.94. The molecule has 0 aliphatic heterocycles. The van der Waals surface area contributed by atoms with Gasteiger partial charge in [0.25, 0.3) is 0 Å². The van der Waals surface area contributed by atoms with Gasteiger partial charge in [0, 0.05) is 20.6 Å². The van der Waals surface area contributed by atoms with E-state index in [1.807, 2.05) is 0 Å². The van der Waals surface area contributed by atoms with Crippen molar-refractivity contribution in [2.24, 2.45) is 0 Å². The van der Waals surface area contributed by atoms with Gasteiger partial charge in [-0.05, 0) is 12.8 Å². The Bertz CT molecular complexity index is 211. The lowest BCUT2D eigenvalue weighted by Gasteiger charge is -2.12. The Kier molecular flexibility index (Phi) is 9.83. The number of carbonyl (C=O) groups is 1. The van der Waals surface area contributed by atoms with E-state index in [-0.39, 0.29) is 0 Å². The van der Waals surface area contributed by atoms with Gasteiger partial charge in [0.05, 0.1) is 6.61 Å². The Balaban J connectivity index is 3.32. The highest BCUT2D eigenvalue weighted by Gasteiger charge is 2.21. The van der Waals surface area contributed by atoms with Crippen LogP contribution in [0.5, 0.6) is 0 Å². The predicted molar refractivity (Wildman–Crippen MR) is 61.3 cm³/mol. The standard InChI is InChI=1S/C10H21O5P/c1-13-16(12,14-2)15-10-8-6-4-3-5-7-9-11/h9H,3-8,10H2,1-2H3. The van der Waals surface area contributed by atoms with E-state index in [0.29, 0.717) is 13.0 Å². The van der Waals surface area contributed by atoms with Gasteiger partial charge in [-0.1, -0.05) is 19.3 Å². The lowest BCUT2D eigenvalue weighted by atomic mass is 10.1. The maximum atomic E-state index is 11.4. The summed E-state index contributed by atoms with van der Waals surface area (Å²) in [4.78, 5) is 10.0. The second-order valence-corrected chi connectivity index (χ2v) is 5.25.